The van der Waals surface area contributed by atoms with Gasteiger partial charge in [-0.15, -0.1) is 0 Å². The largest absolute Gasteiger partial charge is 0.169 e. The molecule has 1 aliphatic rings. The first kappa shape index (κ1) is 16.7. The Morgan fingerprint density at radius 3 is 0.750 bits per heavy atom. The predicted octanol–water partition coefficient (Wildman–Crippen LogP) is 1.75. The van der Waals surface area contributed by atoms with Crippen molar-refractivity contribution in [3.05, 3.63) is 51.1 Å². The van der Waals surface area contributed by atoms with E-state index in [0.29, 0.717) is 0 Å². The summed E-state index contributed by atoms with van der Waals surface area (Å²) in [5.74, 6) is 0. The summed E-state index contributed by atoms with van der Waals surface area (Å²) in [4.78, 5) is 21.1. The highest BCUT2D eigenvalue weighted by Gasteiger charge is 2.58. The van der Waals surface area contributed by atoms with E-state index in [2.05, 4.69) is 26.3 Å². The van der Waals surface area contributed by atoms with E-state index >= 15 is 0 Å². The van der Waals surface area contributed by atoms with Crippen molar-refractivity contribution in [1.82, 2.24) is 0 Å². The summed E-state index contributed by atoms with van der Waals surface area (Å²) in [7, 11) is 6.46. The molecule has 20 heavy (non-hydrogen) atoms. The molecule has 0 spiro atoms. The third kappa shape index (κ3) is 3.39. The van der Waals surface area contributed by atoms with Crippen LogP contribution in [-0.4, -0.2) is 47.4 Å². The van der Waals surface area contributed by atoms with E-state index in [-0.39, 0.29) is 0 Å². The molecule has 0 aromatic rings. The number of quaternary nitrogens is 4. The van der Waals surface area contributed by atoms with Gasteiger partial charge in [0.05, 0.1) is 39.0 Å². The van der Waals surface area contributed by atoms with Gasteiger partial charge in [0.15, 0.2) is 24.8 Å². The van der Waals surface area contributed by atoms with Crippen LogP contribution >= 0.6 is 0 Å². The van der Waals surface area contributed by atoms with Crippen molar-refractivity contribution >= 4 is 0 Å². The van der Waals surface area contributed by atoms with E-state index in [0.717, 1.165) is 0 Å². The molecule has 1 heterocycles. The number of hydrogen-bond donors (Lipinski definition) is 0. The van der Waals surface area contributed by atoms with Gasteiger partial charge in [0.2, 0.25) is 0 Å². The van der Waals surface area contributed by atoms with Gasteiger partial charge in [0.25, 0.3) is 0 Å². The normalized spacial score (nSPS) is 45.8. The lowest BCUT2D eigenvalue weighted by Gasteiger charge is -2.36. The lowest BCUT2D eigenvalue weighted by Crippen LogP contribution is -2.66. The molecular weight excluding hydrogens is 264 g/mol. The Kier molecular flexibility index (Phi) is 4.34. The van der Waals surface area contributed by atoms with Gasteiger partial charge in [0.1, 0.15) is 28.2 Å². The highest BCUT2D eigenvalue weighted by molar-refractivity contribution is 4.47. The Labute approximate surface area is 119 Å². The lowest BCUT2D eigenvalue weighted by molar-refractivity contribution is -1.63. The first-order chi connectivity index (χ1) is 9.07. The first-order valence-corrected chi connectivity index (χ1v) is 5.92. The van der Waals surface area contributed by atoms with Gasteiger partial charge in [0, 0.05) is 0 Å². The third-order valence-electron chi connectivity index (χ3n) is 2.62. The van der Waals surface area contributed by atoms with Crippen LogP contribution < -0.4 is 0 Å². The van der Waals surface area contributed by atoms with E-state index in [4.69, 9.17) is 19.8 Å². The van der Waals surface area contributed by atoms with Gasteiger partial charge in [-0.05, 0) is 26.3 Å². The van der Waals surface area contributed by atoms with Crippen molar-refractivity contribution in [2.45, 2.75) is 0 Å². The SMILES string of the molecule is C=C[N+]1(C)O[N+](C)(C=C)O[N+](C)(C=C)O[N+](C)(C=C)O1. The lowest BCUT2D eigenvalue weighted by atomic mass is 10.9. The molecule has 1 rings (SSSR count). The Bertz CT molecular complexity index is 349. The van der Waals surface area contributed by atoms with Crippen LogP contribution in [0.4, 0.5) is 0 Å². The van der Waals surface area contributed by atoms with Gasteiger partial charge in [-0.2, -0.15) is 0 Å². The van der Waals surface area contributed by atoms with Crippen LogP contribution in [0.15, 0.2) is 51.1 Å². The molecule has 0 N–H and O–H groups in total. The van der Waals surface area contributed by atoms with Gasteiger partial charge in [-0.3, -0.25) is 0 Å². The summed E-state index contributed by atoms with van der Waals surface area (Å²) < 4.78 is 0. The molecule has 8 heteroatoms. The van der Waals surface area contributed by atoms with Crippen LogP contribution in [0.5, 0.6) is 0 Å². The minimum Gasteiger partial charge on any atom is -0.0384 e. The first-order valence-electron chi connectivity index (χ1n) is 5.92. The average Bonchev–Trinajstić information content (AvgIpc) is 2.36. The highest BCUT2D eigenvalue weighted by Crippen LogP contribution is 2.30. The Hall–Kier alpha value is -1.36. The van der Waals surface area contributed by atoms with E-state index in [1.54, 1.807) is 28.2 Å². The number of nitrogens with zero attached hydrogens (tertiary/aromatic N) is 4. The third-order valence-corrected chi connectivity index (χ3v) is 2.62. The molecule has 0 unspecified atom stereocenters. The zero-order valence-corrected chi connectivity index (χ0v) is 12.6. The molecule has 0 amide bonds. The van der Waals surface area contributed by atoms with Crippen LogP contribution in [0.25, 0.3) is 0 Å². The maximum Gasteiger partial charge on any atom is 0.169 e. The molecule has 0 bridgehead atoms. The summed E-state index contributed by atoms with van der Waals surface area (Å²) >= 11 is 0. The fourth-order valence-electron chi connectivity index (χ4n) is 1.61. The van der Waals surface area contributed by atoms with Crippen molar-refractivity contribution in [3.63, 3.8) is 0 Å². The Balaban J connectivity index is 3.31. The molecule has 0 radical (unpaired) electrons. The quantitative estimate of drug-likeness (QED) is 0.739. The maximum absolute atomic E-state index is 5.75. The number of rotatable bonds is 4. The number of hydroxylamine groups is 16. The fourth-order valence-corrected chi connectivity index (χ4v) is 1.61. The minimum absolute atomic E-state index is 0.470. The molecule has 0 saturated carbocycles. The predicted molar refractivity (Wildman–Crippen MR) is 69.9 cm³/mol. The van der Waals surface area contributed by atoms with Crippen molar-refractivity contribution < 1.29 is 39.0 Å². The molecule has 112 valence electrons. The maximum atomic E-state index is 5.75. The number of hydrogen-bond acceptors (Lipinski definition) is 4. The van der Waals surface area contributed by atoms with Crippen molar-refractivity contribution in [3.8, 4) is 0 Å². The molecule has 0 aromatic carbocycles. The van der Waals surface area contributed by atoms with Gasteiger partial charge >= 0.3 is 0 Å². The average molecular weight is 288 g/mol. The second-order valence-electron chi connectivity index (χ2n) is 4.69. The molecule has 0 aliphatic carbocycles. The molecule has 8 nitrogen and oxygen atoms in total. The molecule has 0 atom stereocenters. The van der Waals surface area contributed by atoms with Gasteiger partial charge < -0.3 is 0 Å². The molecule has 1 saturated heterocycles. The monoisotopic (exact) mass is 288 g/mol. The zero-order valence-electron chi connectivity index (χ0n) is 12.6. The van der Waals surface area contributed by atoms with Crippen molar-refractivity contribution in [1.29, 1.82) is 0 Å². The standard InChI is InChI=1S/C12H24N4O4/c1-9-13(5)17-14(6,10-2)19-16(8,12-4)20-15(7,11-3)18-13/h9-12H,1-4H2,5-8H3/q+4. The van der Waals surface area contributed by atoms with E-state index in [9.17, 15) is 0 Å². The summed E-state index contributed by atoms with van der Waals surface area (Å²) in [6.45, 7) is 14.7. The second kappa shape index (κ2) is 5.20. The van der Waals surface area contributed by atoms with E-state index < -0.39 is 19.2 Å². The summed E-state index contributed by atoms with van der Waals surface area (Å²) in [5, 5.41) is 0. The smallest absolute Gasteiger partial charge is 0.0384 e. The van der Waals surface area contributed by atoms with Crippen molar-refractivity contribution in [2.75, 3.05) is 28.2 Å². The van der Waals surface area contributed by atoms with Gasteiger partial charge in [-0.1, -0.05) is 0 Å². The minimum atomic E-state index is -0.470. The Morgan fingerprint density at radius 1 is 0.500 bits per heavy atom. The fraction of sp³-hybridized carbons (Fsp3) is 0.333. The zero-order chi connectivity index (χ0) is 15.7. The topological polar surface area (TPSA) is 36.9 Å². The molecule has 1 aliphatic heterocycles. The van der Waals surface area contributed by atoms with Crippen LogP contribution in [0.3, 0.4) is 0 Å². The molecule has 1 fully saturated rings. The Morgan fingerprint density at radius 2 is 0.650 bits per heavy atom. The van der Waals surface area contributed by atoms with E-state index in [1.165, 1.54) is 24.8 Å². The highest BCUT2D eigenvalue weighted by atomic mass is 17.4. The van der Waals surface area contributed by atoms with Crippen LogP contribution in [0.1, 0.15) is 0 Å². The summed E-state index contributed by atoms with van der Waals surface area (Å²) in [6.07, 6.45) is 5.71. The van der Waals surface area contributed by atoms with Crippen LogP contribution in [0, 0.1) is 0 Å². The molecular formula is C12H24N4O4+4. The summed E-state index contributed by atoms with van der Waals surface area (Å²) in [5.41, 5.74) is 0. The molecule has 0 aromatic heterocycles. The van der Waals surface area contributed by atoms with E-state index in [1.807, 2.05) is 0 Å². The van der Waals surface area contributed by atoms with Gasteiger partial charge in [-0.25, -0.2) is 0 Å². The van der Waals surface area contributed by atoms with Crippen LogP contribution in [0.2, 0.25) is 0 Å². The summed E-state index contributed by atoms with van der Waals surface area (Å²) in [6, 6.07) is 0. The second-order valence-corrected chi connectivity index (χ2v) is 4.69. The van der Waals surface area contributed by atoms with Crippen LogP contribution in [-0.2, 0) is 19.8 Å². The van der Waals surface area contributed by atoms with Crippen molar-refractivity contribution in [2.24, 2.45) is 0 Å².